The molecule has 0 aliphatic heterocycles. The van der Waals surface area contributed by atoms with Gasteiger partial charge < -0.3 is 0 Å². The second-order valence-electron chi connectivity index (χ2n) is 2.84. The molecule has 96 valence electrons. The number of benzene rings is 1. The van der Waals surface area contributed by atoms with Gasteiger partial charge in [0.05, 0.1) is 22.6 Å². The summed E-state index contributed by atoms with van der Waals surface area (Å²) in [6.07, 6.45) is -4.65. The van der Waals surface area contributed by atoms with Crippen LogP contribution in [0.5, 0.6) is 0 Å². The van der Waals surface area contributed by atoms with Crippen LogP contribution in [-0.2, 0) is 6.18 Å². The Balaban J connectivity index is 0.00000121. The summed E-state index contributed by atoms with van der Waals surface area (Å²) in [5.74, 6) is -0.490. The van der Waals surface area contributed by atoms with Gasteiger partial charge in [0.25, 0.3) is 0 Å². The minimum atomic E-state index is -4.65. The van der Waals surface area contributed by atoms with Crippen LogP contribution in [0, 0.1) is 0 Å². The lowest BCUT2D eigenvalue weighted by atomic mass is 10.1. The standard InChI is InChI=1S/C9H6F4OS.C2H6/c1-5(14)6-2-3-8(15-13)7(4-6)9(10,11)12;1-2/h2-4H,1H3;1-2H3. The maximum Gasteiger partial charge on any atom is 0.417 e. The molecule has 0 fully saturated rings. The molecule has 1 aromatic carbocycles. The first-order chi connectivity index (χ1) is 7.86. The van der Waals surface area contributed by atoms with Gasteiger partial charge in [-0.3, -0.25) is 4.79 Å². The van der Waals surface area contributed by atoms with Gasteiger partial charge in [-0.2, -0.15) is 17.1 Å². The lowest BCUT2D eigenvalue weighted by Gasteiger charge is -2.10. The molecule has 6 heteroatoms. The molecule has 0 aromatic heterocycles. The number of Topliss-reactive ketones (excluding diaryl/α,β-unsaturated/α-hetero) is 1. The van der Waals surface area contributed by atoms with Crippen molar-refractivity contribution in [2.45, 2.75) is 31.8 Å². The Labute approximate surface area is 102 Å². The third-order valence-corrected chi connectivity index (χ3v) is 2.30. The van der Waals surface area contributed by atoms with Crippen LogP contribution in [0.1, 0.15) is 36.7 Å². The third-order valence-electron chi connectivity index (χ3n) is 1.77. The zero-order chi connectivity index (χ0) is 13.6. The minimum Gasteiger partial charge on any atom is -0.295 e. The second-order valence-corrected chi connectivity index (χ2v) is 3.44. The molecule has 0 bridgehead atoms. The maximum absolute atomic E-state index is 12.4. The van der Waals surface area contributed by atoms with Gasteiger partial charge in [-0.15, -0.1) is 0 Å². The van der Waals surface area contributed by atoms with Crippen molar-refractivity contribution in [2.24, 2.45) is 0 Å². The quantitative estimate of drug-likeness (QED) is 0.560. The van der Waals surface area contributed by atoms with E-state index in [1.807, 2.05) is 13.8 Å². The molecule has 0 saturated carbocycles. The van der Waals surface area contributed by atoms with E-state index in [4.69, 9.17) is 0 Å². The number of rotatable bonds is 2. The van der Waals surface area contributed by atoms with Crippen LogP contribution in [0.4, 0.5) is 17.1 Å². The Morgan fingerprint density at radius 2 is 1.76 bits per heavy atom. The molecule has 0 saturated heterocycles. The summed E-state index contributed by atoms with van der Waals surface area (Å²) in [6.45, 7) is 5.15. The fraction of sp³-hybridized carbons (Fsp3) is 0.364. The highest BCUT2D eigenvalue weighted by Gasteiger charge is 2.34. The third kappa shape index (κ3) is 4.38. The number of halogens is 4. The largest absolute Gasteiger partial charge is 0.417 e. The van der Waals surface area contributed by atoms with Gasteiger partial charge in [0, 0.05) is 5.56 Å². The normalized spacial score (nSPS) is 10.5. The molecular weight excluding hydrogens is 256 g/mol. The summed E-state index contributed by atoms with van der Waals surface area (Å²) in [6, 6.07) is 2.77. The lowest BCUT2D eigenvalue weighted by Crippen LogP contribution is -2.08. The first kappa shape index (κ1) is 16.0. The number of hydrogen-bond donors (Lipinski definition) is 0. The minimum absolute atomic E-state index is 0.0832. The molecule has 0 amide bonds. The summed E-state index contributed by atoms with van der Waals surface area (Å²) in [5, 5.41) is 0. The Hall–Kier alpha value is -1.04. The van der Waals surface area contributed by atoms with Crippen molar-refractivity contribution in [3.05, 3.63) is 29.3 Å². The molecule has 0 radical (unpaired) electrons. The fourth-order valence-electron chi connectivity index (χ4n) is 1.04. The molecule has 0 aliphatic carbocycles. The van der Waals surface area contributed by atoms with Gasteiger partial charge in [0.1, 0.15) is 0 Å². The molecule has 0 N–H and O–H groups in total. The fourth-order valence-corrected chi connectivity index (χ4v) is 1.42. The van der Waals surface area contributed by atoms with Gasteiger partial charge in [0.15, 0.2) is 5.78 Å². The predicted molar refractivity (Wildman–Crippen MR) is 59.8 cm³/mol. The number of ketones is 1. The molecule has 0 spiro atoms. The molecule has 0 heterocycles. The molecule has 0 atom stereocenters. The van der Waals surface area contributed by atoms with Crippen LogP contribution in [-0.4, -0.2) is 5.78 Å². The topological polar surface area (TPSA) is 17.1 Å². The van der Waals surface area contributed by atoms with Crippen LogP contribution < -0.4 is 0 Å². The van der Waals surface area contributed by atoms with E-state index in [0.717, 1.165) is 13.0 Å². The average Bonchev–Trinajstić information content (AvgIpc) is 2.29. The highest BCUT2D eigenvalue weighted by atomic mass is 32.2. The number of carbonyl (C=O) groups excluding carboxylic acids is 1. The highest BCUT2D eigenvalue weighted by Crippen LogP contribution is 2.37. The van der Waals surface area contributed by atoms with Crippen LogP contribution in [0.3, 0.4) is 0 Å². The summed E-state index contributed by atoms with van der Waals surface area (Å²) >= 11 is -0.489. The van der Waals surface area contributed by atoms with Crippen LogP contribution in [0.15, 0.2) is 23.1 Å². The summed E-state index contributed by atoms with van der Waals surface area (Å²) in [7, 11) is 0. The van der Waals surface area contributed by atoms with Crippen molar-refractivity contribution in [2.75, 3.05) is 0 Å². The van der Waals surface area contributed by atoms with Crippen LogP contribution in [0.25, 0.3) is 0 Å². The summed E-state index contributed by atoms with van der Waals surface area (Å²) in [5.41, 5.74) is -1.21. The molecule has 0 unspecified atom stereocenters. The van der Waals surface area contributed by atoms with Gasteiger partial charge in [-0.1, -0.05) is 19.9 Å². The van der Waals surface area contributed by atoms with Gasteiger partial charge >= 0.3 is 6.18 Å². The number of carbonyl (C=O) groups is 1. The van der Waals surface area contributed by atoms with E-state index < -0.39 is 34.6 Å². The smallest absolute Gasteiger partial charge is 0.295 e. The highest BCUT2D eigenvalue weighted by molar-refractivity contribution is 7.94. The lowest BCUT2D eigenvalue weighted by molar-refractivity contribution is -0.139. The van der Waals surface area contributed by atoms with E-state index in [-0.39, 0.29) is 5.56 Å². The second kappa shape index (κ2) is 6.64. The molecular formula is C11H12F4OS. The Kier molecular flexibility index (Phi) is 6.23. The van der Waals surface area contributed by atoms with Crippen molar-refractivity contribution in [3.8, 4) is 0 Å². The van der Waals surface area contributed by atoms with Crippen LogP contribution >= 0.6 is 12.1 Å². The van der Waals surface area contributed by atoms with Crippen molar-refractivity contribution in [1.82, 2.24) is 0 Å². The van der Waals surface area contributed by atoms with Crippen LogP contribution in [0.2, 0.25) is 0 Å². The van der Waals surface area contributed by atoms with E-state index in [1.54, 1.807) is 0 Å². The van der Waals surface area contributed by atoms with E-state index in [9.17, 15) is 21.9 Å². The first-order valence-electron chi connectivity index (χ1n) is 4.87. The monoisotopic (exact) mass is 268 g/mol. The zero-order valence-corrected chi connectivity index (χ0v) is 10.4. The maximum atomic E-state index is 12.4. The molecule has 17 heavy (non-hydrogen) atoms. The van der Waals surface area contributed by atoms with Gasteiger partial charge in [-0.25, -0.2) is 0 Å². The Morgan fingerprint density at radius 3 is 2.12 bits per heavy atom. The molecule has 1 rings (SSSR count). The molecule has 1 nitrogen and oxygen atoms in total. The first-order valence-corrected chi connectivity index (χ1v) is 5.58. The van der Waals surface area contributed by atoms with Gasteiger partial charge in [0.2, 0.25) is 0 Å². The number of alkyl halides is 3. The van der Waals surface area contributed by atoms with Crippen molar-refractivity contribution in [3.63, 3.8) is 0 Å². The van der Waals surface area contributed by atoms with Crippen molar-refractivity contribution in [1.29, 1.82) is 0 Å². The van der Waals surface area contributed by atoms with E-state index in [0.29, 0.717) is 6.07 Å². The summed E-state index contributed by atoms with van der Waals surface area (Å²) < 4.78 is 49.3. The average molecular weight is 268 g/mol. The van der Waals surface area contributed by atoms with E-state index in [1.165, 1.54) is 6.07 Å². The zero-order valence-electron chi connectivity index (χ0n) is 9.56. The van der Waals surface area contributed by atoms with Gasteiger partial charge in [-0.05, 0) is 19.1 Å². The Bertz CT molecular complexity index is 388. The Morgan fingerprint density at radius 1 is 1.24 bits per heavy atom. The molecule has 0 aliphatic rings. The predicted octanol–water partition coefficient (Wildman–Crippen LogP) is 4.91. The number of hydrogen-bond acceptors (Lipinski definition) is 2. The van der Waals surface area contributed by atoms with Crippen molar-refractivity contribution < 1.29 is 21.9 Å². The van der Waals surface area contributed by atoms with E-state index in [2.05, 4.69) is 0 Å². The SMILES string of the molecule is CC.CC(=O)c1ccc(SF)c(C(F)(F)F)c1. The van der Waals surface area contributed by atoms with Crippen molar-refractivity contribution >= 4 is 17.9 Å². The van der Waals surface area contributed by atoms with E-state index >= 15 is 0 Å². The molecule has 1 aromatic rings. The summed E-state index contributed by atoms with van der Waals surface area (Å²) in [4.78, 5) is 10.3.